The molecular weight excluding hydrogens is 384 g/mol. The third kappa shape index (κ3) is 3.03. The maximum atomic E-state index is 10.8. The van der Waals surface area contributed by atoms with E-state index >= 15 is 0 Å². The summed E-state index contributed by atoms with van der Waals surface area (Å²) in [6.45, 7) is 0. The fraction of sp³-hybridized carbons (Fsp3) is 0.368. The molecule has 1 saturated carbocycles. The van der Waals surface area contributed by atoms with Crippen molar-refractivity contribution in [1.82, 2.24) is 14.5 Å². The van der Waals surface area contributed by atoms with Crippen LogP contribution in [0, 0.1) is 0 Å². The van der Waals surface area contributed by atoms with E-state index in [1.54, 1.807) is 37.1 Å². The largest absolute Gasteiger partial charge is 0.497 e. The Labute approximate surface area is 166 Å². The summed E-state index contributed by atoms with van der Waals surface area (Å²) in [6, 6.07) is 6.83. The molecule has 0 bridgehead atoms. The van der Waals surface area contributed by atoms with Crippen LogP contribution in [0.1, 0.15) is 23.9 Å². The summed E-state index contributed by atoms with van der Waals surface area (Å²) in [5.74, 6) is 1.21. The predicted octanol–water partition coefficient (Wildman–Crippen LogP) is 2.13. The number of aromatic nitrogens is 3. The second-order valence-electron chi connectivity index (χ2n) is 6.87. The molecule has 4 N–H and O–H groups in total. The Kier molecular flexibility index (Phi) is 4.78. The lowest BCUT2D eigenvalue weighted by Crippen LogP contribution is -2.28. The standard InChI is InChI=1S/C19H21ClN4O4/c1-27-10-5-9(6-11(7-10)28-2)13-8-14(16(26)15(13)25)24-4-3-12-17(21)22-19(20)23-18(12)24/h3-7,13-16,25-26H,8H2,1-2H3,(H2,21,22,23)/t13-,14-,15-,16+/m1/s1. The van der Waals surface area contributed by atoms with Crippen molar-refractivity contribution in [2.45, 2.75) is 30.6 Å². The quantitative estimate of drug-likeness (QED) is 0.570. The first-order valence-corrected chi connectivity index (χ1v) is 9.19. The van der Waals surface area contributed by atoms with Crippen molar-refractivity contribution in [2.24, 2.45) is 0 Å². The summed E-state index contributed by atoms with van der Waals surface area (Å²) in [6.07, 6.45) is 0.312. The third-order valence-corrected chi connectivity index (χ3v) is 5.55. The number of aliphatic hydroxyl groups excluding tert-OH is 2. The molecule has 0 amide bonds. The van der Waals surface area contributed by atoms with Gasteiger partial charge in [-0.1, -0.05) is 0 Å². The molecule has 0 unspecified atom stereocenters. The normalized spacial score (nSPS) is 24.6. The van der Waals surface area contributed by atoms with E-state index in [1.165, 1.54) is 0 Å². The second-order valence-corrected chi connectivity index (χ2v) is 7.21. The van der Waals surface area contributed by atoms with Crippen LogP contribution in [0.15, 0.2) is 30.5 Å². The SMILES string of the molecule is COc1cc(OC)cc([C@H]2C[C@@H](n3ccc4c(N)nc(Cl)nc43)[C@H](O)[C@@H]2O)c1. The molecule has 2 heterocycles. The highest BCUT2D eigenvalue weighted by Gasteiger charge is 2.43. The molecule has 4 atom stereocenters. The van der Waals surface area contributed by atoms with Gasteiger partial charge in [-0.25, -0.2) is 4.98 Å². The van der Waals surface area contributed by atoms with Crippen molar-refractivity contribution in [3.8, 4) is 11.5 Å². The predicted molar refractivity (Wildman–Crippen MR) is 105 cm³/mol. The lowest BCUT2D eigenvalue weighted by Gasteiger charge is -2.19. The van der Waals surface area contributed by atoms with Gasteiger partial charge < -0.3 is 30.0 Å². The molecule has 0 spiro atoms. The van der Waals surface area contributed by atoms with Gasteiger partial charge in [0.1, 0.15) is 29.1 Å². The molecule has 1 aromatic carbocycles. The molecule has 148 valence electrons. The molecular formula is C19H21ClN4O4. The fourth-order valence-corrected chi connectivity index (χ4v) is 4.13. The first-order valence-electron chi connectivity index (χ1n) is 8.81. The first kappa shape index (κ1) is 18.8. The average Bonchev–Trinajstić information content (AvgIpc) is 3.23. The van der Waals surface area contributed by atoms with Gasteiger partial charge in [-0.05, 0) is 41.8 Å². The van der Waals surface area contributed by atoms with Gasteiger partial charge in [0.05, 0.1) is 31.8 Å². The second kappa shape index (κ2) is 7.12. The summed E-state index contributed by atoms with van der Waals surface area (Å²) >= 11 is 5.96. The Balaban J connectivity index is 1.73. The number of halogens is 1. The summed E-state index contributed by atoms with van der Waals surface area (Å²) in [7, 11) is 3.14. The van der Waals surface area contributed by atoms with Gasteiger partial charge in [0.2, 0.25) is 5.28 Å². The molecule has 28 heavy (non-hydrogen) atoms. The van der Waals surface area contributed by atoms with E-state index in [0.717, 1.165) is 5.56 Å². The van der Waals surface area contributed by atoms with Crippen molar-refractivity contribution >= 4 is 28.5 Å². The summed E-state index contributed by atoms with van der Waals surface area (Å²) < 4.78 is 12.5. The molecule has 3 aromatic rings. The highest BCUT2D eigenvalue weighted by molar-refractivity contribution is 6.28. The lowest BCUT2D eigenvalue weighted by atomic mass is 9.95. The van der Waals surface area contributed by atoms with Crippen molar-refractivity contribution in [2.75, 3.05) is 20.0 Å². The highest BCUT2D eigenvalue weighted by atomic mass is 35.5. The van der Waals surface area contributed by atoms with E-state index in [-0.39, 0.29) is 17.0 Å². The zero-order valence-electron chi connectivity index (χ0n) is 15.4. The zero-order chi connectivity index (χ0) is 20.0. The molecule has 1 aliphatic carbocycles. The van der Waals surface area contributed by atoms with E-state index in [2.05, 4.69) is 9.97 Å². The molecule has 8 nitrogen and oxygen atoms in total. The number of nitrogens with two attached hydrogens (primary N) is 1. The molecule has 0 aliphatic heterocycles. The zero-order valence-corrected chi connectivity index (χ0v) is 16.2. The summed E-state index contributed by atoms with van der Waals surface area (Å²) in [5, 5.41) is 22.2. The third-order valence-electron chi connectivity index (χ3n) is 5.39. The number of benzene rings is 1. The number of fused-ring (bicyclic) bond motifs is 1. The maximum absolute atomic E-state index is 10.8. The minimum atomic E-state index is -0.993. The molecule has 0 radical (unpaired) electrons. The van der Waals surface area contributed by atoms with E-state index in [1.807, 2.05) is 12.1 Å². The van der Waals surface area contributed by atoms with Crippen molar-refractivity contribution in [3.63, 3.8) is 0 Å². The molecule has 9 heteroatoms. The van der Waals surface area contributed by atoms with Crippen LogP contribution < -0.4 is 15.2 Å². The monoisotopic (exact) mass is 404 g/mol. The van der Waals surface area contributed by atoms with Gasteiger partial charge in [-0.15, -0.1) is 0 Å². The summed E-state index contributed by atoms with van der Waals surface area (Å²) in [4.78, 5) is 8.21. The smallest absolute Gasteiger partial charge is 0.226 e. The van der Waals surface area contributed by atoms with Gasteiger partial charge in [0.25, 0.3) is 0 Å². The molecule has 1 aliphatic rings. The van der Waals surface area contributed by atoms with E-state index in [0.29, 0.717) is 29.0 Å². The van der Waals surface area contributed by atoms with Gasteiger partial charge in [-0.2, -0.15) is 4.98 Å². The van der Waals surface area contributed by atoms with Crippen molar-refractivity contribution < 1.29 is 19.7 Å². The Morgan fingerprint density at radius 3 is 2.43 bits per heavy atom. The van der Waals surface area contributed by atoms with Gasteiger partial charge in [-0.3, -0.25) is 0 Å². The highest BCUT2D eigenvalue weighted by Crippen LogP contribution is 2.44. The number of hydrogen-bond donors (Lipinski definition) is 3. The van der Waals surface area contributed by atoms with Crippen molar-refractivity contribution in [1.29, 1.82) is 0 Å². The van der Waals surface area contributed by atoms with E-state index < -0.39 is 18.2 Å². The van der Waals surface area contributed by atoms with E-state index in [9.17, 15) is 10.2 Å². The van der Waals surface area contributed by atoms with Crippen LogP contribution in [0.4, 0.5) is 5.82 Å². The molecule has 4 rings (SSSR count). The summed E-state index contributed by atoms with van der Waals surface area (Å²) in [5.41, 5.74) is 7.28. The number of anilines is 1. The number of aliphatic hydroxyl groups is 2. The number of hydrogen-bond acceptors (Lipinski definition) is 7. The van der Waals surface area contributed by atoms with E-state index in [4.69, 9.17) is 26.8 Å². The van der Waals surface area contributed by atoms with Crippen LogP contribution in [0.5, 0.6) is 11.5 Å². The number of nitrogen functional groups attached to an aromatic ring is 1. The lowest BCUT2D eigenvalue weighted by molar-refractivity contribution is 0.0178. The van der Waals surface area contributed by atoms with Crippen LogP contribution in [0.3, 0.4) is 0 Å². The Bertz CT molecular complexity index is 1000. The maximum Gasteiger partial charge on any atom is 0.226 e. The topological polar surface area (TPSA) is 116 Å². The number of rotatable bonds is 4. The average molecular weight is 405 g/mol. The van der Waals surface area contributed by atoms with Crippen LogP contribution in [-0.4, -0.2) is 51.2 Å². The fourth-order valence-electron chi connectivity index (χ4n) is 3.96. The Morgan fingerprint density at radius 1 is 1.11 bits per heavy atom. The van der Waals surface area contributed by atoms with Crippen LogP contribution in [-0.2, 0) is 0 Å². The minimum absolute atomic E-state index is 0.0343. The van der Waals surface area contributed by atoms with Crippen molar-refractivity contribution in [3.05, 3.63) is 41.3 Å². The number of nitrogens with zero attached hydrogens (tertiary/aromatic N) is 3. The minimum Gasteiger partial charge on any atom is -0.497 e. The van der Waals surface area contributed by atoms with Gasteiger partial charge in [0.15, 0.2) is 0 Å². The molecule has 0 saturated heterocycles. The Morgan fingerprint density at radius 2 is 1.79 bits per heavy atom. The van der Waals surface area contributed by atoms with Gasteiger partial charge in [0, 0.05) is 18.2 Å². The number of ether oxygens (including phenoxy) is 2. The van der Waals surface area contributed by atoms with Crippen LogP contribution in [0.2, 0.25) is 5.28 Å². The van der Waals surface area contributed by atoms with Gasteiger partial charge >= 0.3 is 0 Å². The van der Waals surface area contributed by atoms with Crippen LogP contribution in [0.25, 0.3) is 11.0 Å². The molecule has 1 fully saturated rings. The molecule has 2 aromatic heterocycles. The first-order chi connectivity index (χ1) is 13.4. The van der Waals surface area contributed by atoms with Crippen LogP contribution >= 0.6 is 11.6 Å². The Hall–Kier alpha value is -2.55. The number of methoxy groups -OCH3 is 2.